The number of carbonyl (C=O) groups excluding carboxylic acids is 4. The van der Waals surface area contributed by atoms with Crippen molar-refractivity contribution in [2.24, 2.45) is 0 Å². The summed E-state index contributed by atoms with van der Waals surface area (Å²) >= 11 is 0. The van der Waals surface area contributed by atoms with Gasteiger partial charge < -0.3 is 25.0 Å². The molecule has 1 fully saturated rings. The Balaban J connectivity index is 1.41. The van der Waals surface area contributed by atoms with E-state index in [4.69, 9.17) is 9.47 Å². The Hall–Kier alpha value is -4.66. The van der Waals surface area contributed by atoms with Crippen molar-refractivity contribution in [1.82, 2.24) is 10.2 Å². The maximum atomic E-state index is 13.6. The summed E-state index contributed by atoms with van der Waals surface area (Å²) in [5.74, 6) is -1.42. The first kappa shape index (κ1) is 30.3. The van der Waals surface area contributed by atoms with Crippen molar-refractivity contribution in [2.75, 3.05) is 11.9 Å². The molecule has 1 heterocycles. The molecule has 0 aliphatic carbocycles. The molecular formula is C33H37N3O6. The largest absolute Gasteiger partial charge is 0.458 e. The molecule has 1 saturated heterocycles. The van der Waals surface area contributed by atoms with E-state index in [2.05, 4.69) is 10.6 Å². The SMILES string of the molecule is CC(C)(C)OC(=O)[C@@H]1CC[C@](C)(c2ccccc2)N1C(=O)CNC(=O)Nc1cccc(C(=O)OCc2ccccc2)c1. The molecule has 1 aliphatic rings. The Kier molecular flexibility index (Phi) is 9.30. The van der Waals surface area contributed by atoms with Gasteiger partial charge in [-0.05, 0) is 69.9 Å². The quantitative estimate of drug-likeness (QED) is 0.350. The Morgan fingerprint density at radius 3 is 2.26 bits per heavy atom. The molecule has 9 heteroatoms. The van der Waals surface area contributed by atoms with Gasteiger partial charge in [0.25, 0.3) is 0 Å². The van der Waals surface area contributed by atoms with E-state index in [0.29, 0.717) is 18.5 Å². The van der Waals surface area contributed by atoms with E-state index in [0.717, 1.165) is 11.1 Å². The molecule has 4 rings (SSSR count). The summed E-state index contributed by atoms with van der Waals surface area (Å²) in [7, 11) is 0. The number of ether oxygens (including phenoxy) is 2. The van der Waals surface area contributed by atoms with Gasteiger partial charge in [-0.25, -0.2) is 14.4 Å². The summed E-state index contributed by atoms with van der Waals surface area (Å²) in [4.78, 5) is 53.6. The number of hydrogen-bond donors (Lipinski definition) is 2. The number of rotatable bonds is 8. The fourth-order valence-corrected chi connectivity index (χ4v) is 5.08. The summed E-state index contributed by atoms with van der Waals surface area (Å²) in [5, 5.41) is 5.24. The van der Waals surface area contributed by atoms with E-state index >= 15 is 0 Å². The molecule has 3 aromatic carbocycles. The van der Waals surface area contributed by atoms with Gasteiger partial charge in [0.1, 0.15) is 18.2 Å². The molecule has 2 atom stereocenters. The molecule has 3 amide bonds. The fraction of sp³-hybridized carbons (Fsp3) is 0.333. The second kappa shape index (κ2) is 12.9. The number of carbonyl (C=O) groups is 4. The zero-order valence-corrected chi connectivity index (χ0v) is 24.4. The lowest BCUT2D eigenvalue weighted by molar-refractivity contribution is -0.165. The minimum absolute atomic E-state index is 0.128. The number of amides is 3. The fourth-order valence-electron chi connectivity index (χ4n) is 5.08. The Bertz CT molecular complexity index is 1420. The highest BCUT2D eigenvalue weighted by atomic mass is 16.6. The van der Waals surface area contributed by atoms with Crippen molar-refractivity contribution < 1.29 is 28.7 Å². The van der Waals surface area contributed by atoms with Crippen LogP contribution in [0.5, 0.6) is 0 Å². The van der Waals surface area contributed by atoms with Gasteiger partial charge in [0, 0.05) is 5.69 Å². The Morgan fingerprint density at radius 1 is 0.929 bits per heavy atom. The number of nitrogens with zero attached hydrogens (tertiary/aromatic N) is 1. The molecule has 0 aromatic heterocycles. The summed E-state index contributed by atoms with van der Waals surface area (Å²) in [6.07, 6.45) is 0.997. The zero-order valence-electron chi connectivity index (χ0n) is 24.4. The molecule has 42 heavy (non-hydrogen) atoms. The van der Waals surface area contributed by atoms with Gasteiger partial charge in [0.05, 0.1) is 17.6 Å². The van der Waals surface area contributed by atoms with E-state index in [1.165, 1.54) is 6.07 Å². The number of nitrogens with one attached hydrogen (secondary N) is 2. The molecule has 0 spiro atoms. The lowest BCUT2D eigenvalue weighted by atomic mass is 9.89. The second-order valence-electron chi connectivity index (χ2n) is 11.4. The highest BCUT2D eigenvalue weighted by Crippen LogP contribution is 2.42. The van der Waals surface area contributed by atoms with Crippen molar-refractivity contribution in [3.8, 4) is 0 Å². The summed E-state index contributed by atoms with van der Waals surface area (Å²) in [6.45, 7) is 7.06. The maximum Gasteiger partial charge on any atom is 0.338 e. The highest BCUT2D eigenvalue weighted by molar-refractivity contribution is 5.96. The first-order valence-corrected chi connectivity index (χ1v) is 13.9. The molecule has 0 saturated carbocycles. The van der Waals surface area contributed by atoms with Crippen LogP contribution in [-0.4, -0.2) is 47.0 Å². The average Bonchev–Trinajstić information content (AvgIpc) is 3.33. The third kappa shape index (κ3) is 7.54. The number of hydrogen-bond acceptors (Lipinski definition) is 6. The second-order valence-corrected chi connectivity index (χ2v) is 11.4. The van der Waals surface area contributed by atoms with Crippen molar-refractivity contribution in [3.05, 3.63) is 102 Å². The van der Waals surface area contributed by atoms with Crippen LogP contribution in [0.4, 0.5) is 10.5 Å². The van der Waals surface area contributed by atoms with Gasteiger partial charge in [0.2, 0.25) is 5.91 Å². The molecule has 0 radical (unpaired) electrons. The predicted molar refractivity (Wildman–Crippen MR) is 159 cm³/mol. The summed E-state index contributed by atoms with van der Waals surface area (Å²) in [5.41, 5.74) is 0.918. The van der Waals surface area contributed by atoms with Crippen LogP contribution in [0.1, 0.15) is 62.0 Å². The van der Waals surface area contributed by atoms with Crippen LogP contribution < -0.4 is 10.6 Å². The van der Waals surface area contributed by atoms with Crippen LogP contribution in [0.25, 0.3) is 0 Å². The van der Waals surface area contributed by atoms with Crippen molar-refractivity contribution >= 4 is 29.6 Å². The molecule has 1 aliphatic heterocycles. The van der Waals surface area contributed by atoms with Crippen LogP contribution in [0.3, 0.4) is 0 Å². The van der Waals surface area contributed by atoms with E-state index in [1.54, 1.807) is 43.9 Å². The van der Waals surface area contributed by atoms with Crippen LogP contribution in [0.15, 0.2) is 84.9 Å². The molecule has 0 bridgehead atoms. The Labute approximate surface area is 246 Å². The first-order valence-electron chi connectivity index (χ1n) is 13.9. The smallest absolute Gasteiger partial charge is 0.338 e. The van der Waals surface area contributed by atoms with Crippen LogP contribution >= 0.6 is 0 Å². The molecule has 3 aromatic rings. The number of benzene rings is 3. The van der Waals surface area contributed by atoms with Crippen molar-refractivity contribution in [1.29, 1.82) is 0 Å². The molecule has 9 nitrogen and oxygen atoms in total. The van der Waals surface area contributed by atoms with E-state index in [1.807, 2.05) is 67.6 Å². The first-order chi connectivity index (χ1) is 20.0. The minimum atomic E-state index is -0.787. The van der Waals surface area contributed by atoms with Gasteiger partial charge in [-0.15, -0.1) is 0 Å². The number of likely N-dealkylation sites (tertiary alicyclic amines) is 1. The van der Waals surface area contributed by atoms with Gasteiger partial charge in [-0.3, -0.25) is 4.79 Å². The molecule has 220 valence electrons. The van der Waals surface area contributed by atoms with E-state index in [-0.39, 0.29) is 18.7 Å². The lowest BCUT2D eigenvalue weighted by Crippen LogP contribution is -2.54. The van der Waals surface area contributed by atoms with Crippen LogP contribution in [0, 0.1) is 0 Å². The van der Waals surface area contributed by atoms with Gasteiger partial charge in [0.15, 0.2) is 0 Å². The average molecular weight is 572 g/mol. The number of esters is 2. The third-order valence-corrected chi connectivity index (χ3v) is 7.06. The normalized spacial score (nSPS) is 18.2. The summed E-state index contributed by atoms with van der Waals surface area (Å²) in [6, 6.07) is 23.8. The zero-order chi connectivity index (χ0) is 30.3. The van der Waals surface area contributed by atoms with Crippen molar-refractivity contribution in [2.45, 2.75) is 64.3 Å². The molecular weight excluding hydrogens is 534 g/mol. The molecule has 0 unspecified atom stereocenters. The number of urea groups is 1. The van der Waals surface area contributed by atoms with Crippen molar-refractivity contribution in [3.63, 3.8) is 0 Å². The number of anilines is 1. The Morgan fingerprint density at radius 2 is 1.60 bits per heavy atom. The van der Waals surface area contributed by atoms with Gasteiger partial charge >= 0.3 is 18.0 Å². The topological polar surface area (TPSA) is 114 Å². The standard InChI is InChI=1S/C33H37N3O6/c1-32(2,3)42-30(39)27-18-19-33(4,25-15-9-6-10-16-25)36(27)28(37)21-34-31(40)35-26-17-11-14-24(20-26)29(38)41-22-23-12-7-5-8-13-23/h5-17,20,27H,18-19,21-22H2,1-4H3,(H2,34,35,40)/t27-,33+/m0/s1. The molecule has 2 N–H and O–H groups in total. The predicted octanol–water partition coefficient (Wildman–Crippen LogP) is 5.41. The third-order valence-electron chi connectivity index (χ3n) is 7.06. The highest BCUT2D eigenvalue weighted by Gasteiger charge is 2.50. The maximum absolute atomic E-state index is 13.6. The minimum Gasteiger partial charge on any atom is -0.458 e. The van der Waals surface area contributed by atoms with E-state index < -0.39 is 41.1 Å². The van der Waals surface area contributed by atoms with Crippen LogP contribution in [0.2, 0.25) is 0 Å². The summed E-state index contributed by atoms with van der Waals surface area (Å²) < 4.78 is 11.0. The van der Waals surface area contributed by atoms with Crippen LogP contribution in [-0.2, 0) is 31.2 Å². The van der Waals surface area contributed by atoms with Gasteiger partial charge in [-0.2, -0.15) is 0 Å². The van der Waals surface area contributed by atoms with Gasteiger partial charge in [-0.1, -0.05) is 66.7 Å². The van der Waals surface area contributed by atoms with E-state index in [9.17, 15) is 19.2 Å². The monoisotopic (exact) mass is 571 g/mol. The lowest BCUT2D eigenvalue weighted by Gasteiger charge is -2.39.